The highest BCUT2D eigenvalue weighted by Gasteiger charge is 2.44. The van der Waals surface area contributed by atoms with Crippen molar-refractivity contribution >= 4 is 23.2 Å². The molecule has 3 N–H and O–H groups in total. The van der Waals surface area contributed by atoms with Gasteiger partial charge in [-0.05, 0) is 48.8 Å². The number of hydrogen-bond acceptors (Lipinski definition) is 3. The lowest BCUT2D eigenvalue weighted by Gasteiger charge is -2.47. The molecule has 1 saturated carbocycles. The molecule has 0 bridgehead atoms. The predicted octanol–water partition coefficient (Wildman–Crippen LogP) is 4.48. The van der Waals surface area contributed by atoms with Crippen molar-refractivity contribution in [1.82, 2.24) is 5.43 Å². The van der Waals surface area contributed by atoms with Gasteiger partial charge in [0.2, 0.25) is 0 Å². The maximum atomic E-state index is 6.15. The summed E-state index contributed by atoms with van der Waals surface area (Å²) in [6.07, 6.45) is 4.15. The summed E-state index contributed by atoms with van der Waals surface area (Å²) in [4.78, 5) is 0. The van der Waals surface area contributed by atoms with Crippen LogP contribution < -0.4 is 11.3 Å². The first-order chi connectivity index (χ1) is 9.83. The van der Waals surface area contributed by atoms with Crippen molar-refractivity contribution in [2.24, 2.45) is 11.3 Å². The molecule has 1 aromatic carbocycles. The number of hydrogen-bond donors (Lipinski definition) is 2. The molecule has 1 aromatic rings. The zero-order valence-electron chi connectivity index (χ0n) is 12.9. The number of nitrogens with one attached hydrogen (secondary N) is 1. The van der Waals surface area contributed by atoms with Gasteiger partial charge in [0.25, 0.3) is 0 Å². The zero-order chi connectivity index (χ0) is 15.7. The minimum Gasteiger partial charge on any atom is -0.376 e. The Morgan fingerprint density at radius 1 is 1.14 bits per heavy atom. The quantitative estimate of drug-likeness (QED) is 0.631. The van der Waals surface area contributed by atoms with Crippen LogP contribution in [0.3, 0.4) is 0 Å². The minimum atomic E-state index is -0.304. The van der Waals surface area contributed by atoms with Gasteiger partial charge in [-0.1, -0.05) is 43.1 Å². The molecule has 0 spiro atoms. The summed E-state index contributed by atoms with van der Waals surface area (Å²) in [5.41, 5.74) is 3.99. The molecule has 1 aliphatic carbocycles. The van der Waals surface area contributed by atoms with Gasteiger partial charge in [0, 0.05) is 7.11 Å². The summed E-state index contributed by atoms with van der Waals surface area (Å²) in [5, 5.41) is 1.09. The molecule has 0 radical (unpaired) electrons. The second-order valence-electron chi connectivity index (χ2n) is 6.71. The lowest BCUT2D eigenvalue weighted by Crippen LogP contribution is -2.51. The second kappa shape index (κ2) is 6.43. The third kappa shape index (κ3) is 3.54. The predicted molar refractivity (Wildman–Crippen MR) is 88.5 cm³/mol. The minimum absolute atomic E-state index is 0.103. The van der Waals surface area contributed by atoms with Crippen LogP contribution in [0, 0.1) is 5.41 Å². The highest BCUT2D eigenvalue weighted by molar-refractivity contribution is 6.42. The molecule has 1 atom stereocenters. The molecule has 0 amide bonds. The van der Waals surface area contributed by atoms with Gasteiger partial charge in [0.05, 0.1) is 21.7 Å². The maximum absolute atomic E-state index is 6.15. The maximum Gasteiger partial charge on any atom is 0.0885 e. The molecule has 1 aliphatic rings. The number of methoxy groups -OCH3 is 1. The van der Waals surface area contributed by atoms with Crippen LogP contribution in [0.4, 0.5) is 0 Å². The Kier molecular flexibility index (Phi) is 5.22. The smallest absolute Gasteiger partial charge is 0.0885 e. The van der Waals surface area contributed by atoms with E-state index in [0.29, 0.717) is 15.5 Å². The van der Waals surface area contributed by atoms with E-state index in [0.717, 1.165) is 31.2 Å². The van der Waals surface area contributed by atoms with E-state index in [1.807, 2.05) is 12.1 Å². The van der Waals surface area contributed by atoms with E-state index < -0.39 is 0 Å². The first kappa shape index (κ1) is 17.0. The van der Waals surface area contributed by atoms with Crippen LogP contribution in [0.2, 0.25) is 10.0 Å². The van der Waals surface area contributed by atoms with Crippen LogP contribution in [0.1, 0.15) is 51.1 Å². The van der Waals surface area contributed by atoms with Crippen LogP contribution in [-0.2, 0) is 4.74 Å². The summed E-state index contributed by atoms with van der Waals surface area (Å²) in [7, 11) is 1.76. The molecule has 118 valence electrons. The number of benzene rings is 1. The lowest BCUT2D eigenvalue weighted by molar-refractivity contribution is -0.0877. The van der Waals surface area contributed by atoms with Crippen molar-refractivity contribution in [2.75, 3.05) is 7.11 Å². The summed E-state index contributed by atoms with van der Waals surface area (Å²) in [6, 6.07) is 5.53. The molecule has 21 heavy (non-hydrogen) atoms. The fourth-order valence-corrected chi connectivity index (χ4v) is 3.51. The third-order valence-electron chi connectivity index (χ3n) is 4.83. The van der Waals surface area contributed by atoms with Gasteiger partial charge < -0.3 is 4.74 Å². The van der Waals surface area contributed by atoms with Crippen molar-refractivity contribution < 1.29 is 4.74 Å². The molecule has 0 heterocycles. The number of nitrogens with two attached hydrogens (primary N) is 1. The molecule has 1 fully saturated rings. The van der Waals surface area contributed by atoms with E-state index in [-0.39, 0.29) is 11.6 Å². The van der Waals surface area contributed by atoms with Crippen LogP contribution in [-0.4, -0.2) is 12.7 Å². The number of ether oxygens (including phenoxy) is 1. The number of halogens is 2. The molecule has 3 nitrogen and oxygen atoms in total. The first-order valence-corrected chi connectivity index (χ1v) is 8.05. The van der Waals surface area contributed by atoms with Gasteiger partial charge in [0.15, 0.2) is 0 Å². The second-order valence-corrected chi connectivity index (χ2v) is 7.52. The number of hydrazine groups is 1. The molecular formula is C16H24Cl2N2O. The van der Waals surface area contributed by atoms with E-state index in [4.69, 9.17) is 33.8 Å². The summed E-state index contributed by atoms with van der Waals surface area (Å²) >= 11 is 12.2. The van der Waals surface area contributed by atoms with Crippen molar-refractivity contribution in [3.8, 4) is 0 Å². The Hall–Kier alpha value is -0.320. The van der Waals surface area contributed by atoms with E-state index in [2.05, 4.69) is 19.3 Å². The van der Waals surface area contributed by atoms with Gasteiger partial charge in [-0.15, -0.1) is 0 Å². The van der Waals surface area contributed by atoms with Crippen LogP contribution >= 0.6 is 23.2 Å². The van der Waals surface area contributed by atoms with Gasteiger partial charge in [-0.3, -0.25) is 11.3 Å². The van der Waals surface area contributed by atoms with Gasteiger partial charge in [0.1, 0.15) is 0 Å². The van der Waals surface area contributed by atoms with Gasteiger partial charge in [-0.2, -0.15) is 0 Å². The molecule has 0 aromatic heterocycles. The molecule has 2 rings (SSSR count). The average molecular weight is 331 g/mol. The SMILES string of the molecule is COC1(C(NN)c2ccc(Cl)c(Cl)c2)CCC(C)(C)CC1. The van der Waals surface area contributed by atoms with Gasteiger partial charge in [-0.25, -0.2) is 0 Å². The highest BCUT2D eigenvalue weighted by Crippen LogP contribution is 2.47. The van der Waals surface area contributed by atoms with Crippen molar-refractivity contribution in [3.63, 3.8) is 0 Å². The standard InChI is InChI=1S/C16H24Cl2N2O/c1-15(2)6-8-16(21-3,9-7-15)14(20-19)11-4-5-12(17)13(18)10-11/h4-5,10,14,20H,6-9,19H2,1-3H3. The van der Waals surface area contributed by atoms with Crippen LogP contribution in [0.5, 0.6) is 0 Å². The molecule has 0 aliphatic heterocycles. The monoisotopic (exact) mass is 330 g/mol. The summed E-state index contributed by atoms with van der Waals surface area (Å²) < 4.78 is 5.93. The van der Waals surface area contributed by atoms with E-state index in [1.165, 1.54) is 0 Å². The zero-order valence-corrected chi connectivity index (χ0v) is 14.4. The largest absolute Gasteiger partial charge is 0.376 e. The van der Waals surface area contributed by atoms with Crippen molar-refractivity contribution in [3.05, 3.63) is 33.8 Å². The van der Waals surface area contributed by atoms with Crippen molar-refractivity contribution in [1.29, 1.82) is 0 Å². The lowest BCUT2D eigenvalue weighted by atomic mass is 9.67. The Bertz CT molecular complexity index is 495. The fraction of sp³-hybridized carbons (Fsp3) is 0.625. The van der Waals surface area contributed by atoms with E-state index in [9.17, 15) is 0 Å². The number of rotatable bonds is 4. The van der Waals surface area contributed by atoms with Crippen LogP contribution in [0.15, 0.2) is 18.2 Å². The van der Waals surface area contributed by atoms with Gasteiger partial charge >= 0.3 is 0 Å². The topological polar surface area (TPSA) is 47.3 Å². The Morgan fingerprint density at radius 2 is 1.76 bits per heavy atom. The Morgan fingerprint density at radius 3 is 2.24 bits per heavy atom. The molecule has 0 saturated heterocycles. The molecular weight excluding hydrogens is 307 g/mol. The van der Waals surface area contributed by atoms with Crippen molar-refractivity contribution in [2.45, 2.75) is 51.2 Å². The van der Waals surface area contributed by atoms with Crippen LogP contribution in [0.25, 0.3) is 0 Å². The first-order valence-electron chi connectivity index (χ1n) is 7.30. The third-order valence-corrected chi connectivity index (χ3v) is 5.57. The average Bonchev–Trinajstić information content (AvgIpc) is 2.45. The fourth-order valence-electron chi connectivity index (χ4n) is 3.20. The summed E-state index contributed by atoms with van der Waals surface area (Å²) in [5.74, 6) is 5.85. The normalized spacial score (nSPS) is 22.0. The Balaban J connectivity index is 2.31. The highest BCUT2D eigenvalue weighted by atomic mass is 35.5. The Labute approximate surface area is 137 Å². The molecule has 1 unspecified atom stereocenters. The van der Waals surface area contributed by atoms with E-state index >= 15 is 0 Å². The molecule has 5 heteroatoms. The summed E-state index contributed by atoms with van der Waals surface area (Å²) in [6.45, 7) is 4.60. The van der Waals surface area contributed by atoms with E-state index in [1.54, 1.807) is 13.2 Å².